The molecule has 1 aromatic heterocycles. The van der Waals surface area contributed by atoms with Crippen molar-refractivity contribution in [2.45, 2.75) is 45.8 Å². The SMILES string of the molecule is CCC(CC)NC(=O)C(C)Oc1cccnc1C(=O)O. The molecule has 0 spiro atoms. The largest absolute Gasteiger partial charge is 0.478 e. The van der Waals surface area contributed by atoms with E-state index in [1.54, 1.807) is 13.0 Å². The van der Waals surface area contributed by atoms with Gasteiger partial charge >= 0.3 is 5.97 Å². The summed E-state index contributed by atoms with van der Waals surface area (Å²) in [6.07, 6.45) is 2.26. The summed E-state index contributed by atoms with van der Waals surface area (Å²) >= 11 is 0. The van der Waals surface area contributed by atoms with Crippen molar-refractivity contribution >= 4 is 11.9 Å². The van der Waals surface area contributed by atoms with Crippen LogP contribution in [0.15, 0.2) is 18.3 Å². The third-order valence-electron chi connectivity index (χ3n) is 2.98. The van der Waals surface area contributed by atoms with Crippen molar-refractivity contribution in [1.29, 1.82) is 0 Å². The molecule has 0 aliphatic heterocycles. The molecule has 6 nitrogen and oxygen atoms in total. The van der Waals surface area contributed by atoms with Gasteiger partial charge in [0.1, 0.15) is 0 Å². The molecule has 0 radical (unpaired) electrons. The van der Waals surface area contributed by atoms with E-state index in [1.807, 2.05) is 13.8 Å². The average molecular weight is 280 g/mol. The molecule has 2 N–H and O–H groups in total. The minimum atomic E-state index is -1.19. The summed E-state index contributed by atoms with van der Waals surface area (Å²) in [5.41, 5.74) is -0.199. The number of hydrogen-bond donors (Lipinski definition) is 2. The number of carbonyl (C=O) groups excluding carboxylic acids is 1. The Morgan fingerprint density at radius 2 is 2.05 bits per heavy atom. The number of aromatic nitrogens is 1. The highest BCUT2D eigenvalue weighted by atomic mass is 16.5. The number of pyridine rings is 1. The molecule has 1 unspecified atom stereocenters. The van der Waals surface area contributed by atoms with E-state index < -0.39 is 12.1 Å². The fraction of sp³-hybridized carbons (Fsp3) is 0.500. The van der Waals surface area contributed by atoms with Crippen LogP contribution in [0.25, 0.3) is 0 Å². The molecule has 0 fully saturated rings. The lowest BCUT2D eigenvalue weighted by Gasteiger charge is -2.19. The molecule has 1 heterocycles. The van der Waals surface area contributed by atoms with Gasteiger partial charge in [0.2, 0.25) is 0 Å². The van der Waals surface area contributed by atoms with Crippen LogP contribution in [0.4, 0.5) is 0 Å². The minimum absolute atomic E-state index is 0.0900. The van der Waals surface area contributed by atoms with E-state index in [0.29, 0.717) is 0 Å². The Balaban J connectivity index is 2.73. The van der Waals surface area contributed by atoms with Gasteiger partial charge in [-0.1, -0.05) is 13.8 Å². The smallest absolute Gasteiger partial charge is 0.358 e. The van der Waals surface area contributed by atoms with Crippen LogP contribution in [0, 0.1) is 0 Å². The van der Waals surface area contributed by atoms with E-state index in [-0.39, 0.29) is 23.4 Å². The van der Waals surface area contributed by atoms with Crippen LogP contribution in [-0.4, -0.2) is 34.1 Å². The number of amides is 1. The number of nitrogens with zero attached hydrogens (tertiary/aromatic N) is 1. The van der Waals surface area contributed by atoms with Gasteiger partial charge in [-0.05, 0) is 31.9 Å². The molecular formula is C14H20N2O4. The predicted molar refractivity (Wildman–Crippen MR) is 73.8 cm³/mol. The minimum Gasteiger partial charge on any atom is -0.478 e. The van der Waals surface area contributed by atoms with Crippen molar-refractivity contribution in [2.24, 2.45) is 0 Å². The lowest BCUT2D eigenvalue weighted by atomic mass is 10.1. The Bertz CT molecular complexity index is 472. The Kier molecular flexibility index (Phi) is 5.96. The topological polar surface area (TPSA) is 88.5 Å². The van der Waals surface area contributed by atoms with Crippen LogP contribution in [0.1, 0.15) is 44.1 Å². The van der Waals surface area contributed by atoms with Crippen LogP contribution in [-0.2, 0) is 4.79 Å². The zero-order valence-corrected chi connectivity index (χ0v) is 11.9. The first-order chi connectivity index (χ1) is 9.49. The third-order valence-corrected chi connectivity index (χ3v) is 2.98. The molecule has 0 saturated carbocycles. The standard InChI is InChI=1S/C14H20N2O4/c1-4-10(5-2)16-13(17)9(3)20-11-7-6-8-15-12(11)14(18)19/h6-10H,4-5H2,1-3H3,(H,16,17)(H,18,19). The number of carboxylic acid groups (broad SMARTS) is 1. The number of carboxylic acids is 1. The van der Waals surface area contributed by atoms with Crippen LogP contribution in [0.5, 0.6) is 5.75 Å². The summed E-state index contributed by atoms with van der Waals surface area (Å²) < 4.78 is 5.40. The highest BCUT2D eigenvalue weighted by Crippen LogP contribution is 2.17. The number of hydrogen-bond acceptors (Lipinski definition) is 4. The Morgan fingerprint density at radius 3 is 2.60 bits per heavy atom. The van der Waals surface area contributed by atoms with E-state index in [2.05, 4.69) is 10.3 Å². The number of ether oxygens (including phenoxy) is 1. The maximum atomic E-state index is 12.0. The molecule has 1 atom stereocenters. The number of rotatable bonds is 7. The second-order valence-electron chi connectivity index (χ2n) is 4.44. The first-order valence-corrected chi connectivity index (χ1v) is 6.64. The van der Waals surface area contributed by atoms with E-state index in [1.165, 1.54) is 12.3 Å². The molecule has 1 rings (SSSR count). The van der Waals surface area contributed by atoms with Gasteiger partial charge in [-0.25, -0.2) is 9.78 Å². The second-order valence-corrected chi connectivity index (χ2v) is 4.44. The monoisotopic (exact) mass is 280 g/mol. The molecule has 0 aromatic carbocycles. The maximum absolute atomic E-state index is 12.0. The summed E-state index contributed by atoms with van der Waals surface area (Å²) in [5.74, 6) is -1.36. The van der Waals surface area contributed by atoms with Gasteiger partial charge in [0.05, 0.1) is 0 Å². The van der Waals surface area contributed by atoms with E-state index in [9.17, 15) is 9.59 Å². The fourth-order valence-electron chi connectivity index (χ4n) is 1.70. The molecule has 110 valence electrons. The molecule has 1 aromatic rings. The molecule has 0 saturated heterocycles. The van der Waals surface area contributed by atoms with Crippen LogP contribution < -0.4 is 10.1 Å². The highest BCUT2D eigenvalue weighted by Gasteiger charge is 2.20. The summed E-state index contributed by atoms with van der Waals surface area (Å²) in [5, 5.41) is 11.8. The molecular weight excluding hydrogens is 260 g/mol. The zero-order chi connectivity index (χ0) is 15.1. The molecule has 20 heavy (non-hydrogen) atoms. The Morgan fingerprint density at radius 1 is 1.40 bits per heavy atom. The Hall–Kier alpha value is -2.11. The van der Waals surface area contributed by atoms with Gasteiger partial charge in [-0.15, -0.1) is 0 Å². The van der Waals surface area contributed by atoms with Gasteiger partial charge in [0.15, 0.2) is 17.5 Å². The number of aromatic carboxylic acids is 1. The average Bonchev–Trinajstić information content (AvgIpc) is 2.44. The maximum Gasteiger partial charge on any atom is 0.358 e. The van der Waals surface area contributed by atoms with Crippen molar-refractivity contribution in [1.82, 2.24) is 10.3 Å². The first kappa shape index (κ1) is 15.9. The predicted octanol–water partition coefficient (Wildman–Crippen LogP) is 1.85. The fourth-order valence-corrected chi connectivity index (χ4v) is 1.70. The van der Waals surface area contributed by atoms with Gasteiger partial charge in [-0.3, -0.25) is 4.79 Å². The Labute approximate surface area is 118 Å². The summed E-state index contributed by atoms with van der Waals surface area (Å²) in [4.78, 5) is 26.7. The third kappa shape index (κ3) is 4.22. The quantitative estimate of drug-likeness (QED) is 0.795. The lowest BCUT2D eigenvalue weighted by Crippen LogP contribution is -2.42. The van der Waals surface area contributed by atoms with Gasteiger partial charge in [0.25, 0.3) is 5.91 Å². The van der Waals surface area contributed by atoms with Crippen molar-refractivity contribution in [2.75, 3.05) is 0 Å². The first-order valence-electron chi connectivity index (χ1n) is 6.64. The summed E-state index contributed by atoms with van der Waals surface area (Å²) in [6, 6.07) is 3.14. The molecule has 0 bridgehead atoms. The van der Waals surface area contributed by atoms with Gasteiger partial charge in [-0.2, -0.15) is 0 Å². The van der Waals surface area contributed by atoms with Crippen molar-refractivity contribution in [3.05, 3.63) is 24.0 Å². The van der Waals surface area contributed by atoms with E-state index >= 15 is 0 Å². The molecule has 1 amide bonds. The second kappa shape index (κ2) is 7.47. The molecule has 6 heteroatoms. The van der Waals surface area contributed by atoms with Gasteiger partial charge in [0, 0.05) is 12.2 Å². The number of nitrogens with one attached hydrogen (secondary N) is 1. The van der Waals surface area contributed by atoms with E-state index in [0.717, 1.165) is 12.8 Å². The normalized spacial score (nSPS) is 12.0. The lowest BCUT2D eigenvalue weighted by molar-refractivity contribution is -0.128. The zero-order valence-electron chi connectivity index (χ0n) is 11.9. The highest BCUT2D eigenvalue weighted by molar-refractivity contribution is 5.88. The van der Waals surface area contributed by atoms with Crippen LogP contribution in [0.2, 0.25) is 0 Å². The van der Waals surface area contributed by atoms with Crippen molar-refractivity contribution < 1.29 is 19.4 Å². The molecule has 0 aliphatic rings. The van der Waals surface area contributed by atoms with Crippen molar-refractivity contribution in [3.63, 3.8) is 0 Å². The summed E-state index contributed by atoms with van der Waals surface area (Å²) in [6.45, 7) is 5.56. The molecule has 0 aliphatic carbocycles. The van der Waals surface area contributed by atoms with Gasteiger partial charge < -0.3 is 15.2 Å². The van der Waals surface area contributed by atoms with E-state index in [4.69, 9.17) is 9.84 Å². The van der Waals surface area contributed by atoms with Crippen LogP contribution >= 0.6 is 0 Å². The van der Waals surface area contributed by atoms with Crippen molar-refractivity contribution in [3.8, 4) is 5.75 Å². The number of carbonyl (C=O) groups is 2. The van der Waals surface area contributed by atoms with Crippen LogP contribution in [0.3, 0.4) is 0 Å². The summed E-state index contributed by atoms with van der Waals surface area (Å²) in [7, 11) is 0.